The summed E-state index contributed by atoms with van der Waals surface area (Å²) >= 11 is 0. The molecule has 146 valence electrons. The fourth-order valence-electron chi connectivity index (χ4n) is 3.82. The van der Waals surface area contributed by atoms with Crippen LogP contribution in [0.4, 0.5) is 0 Å². The van der Waals surface area contributed by atoms with Gasteiger partial charge in [-0.15, -0.1) is 0 Å². The van der Waals surface area contributed by atoms with Crippen molar-refractivity contribution in [3.63, 3.8) is 0 Å². The summed E-state index contributed by atoms with van der Waals surface area (Å²) in [7, 11) is 2.05. The Morgan fingerprint density at radius 2 is 1.55 bits per heavy atom. The highest BCUT2D eigenvalue weighted by Crippen LogP contribution is 2.31. The molecule has 0 radical (unpaired) electrons. The van der Waals surface area contributed by atoms with Gasteiger partial charge < -0.3 is 9.30 Å². The first-order chi connectivity index (χ1) is 14.2. The molecule has 1 atom stereocenters. The topological polar surface area (TPSA) is 31.2 Å². The minimum absolute atomic E-state index is 0.00230. The molecule has 0 unspecified atom stereocenters. The van der Waals surface area contributed by atoms with E-state index in [0.717, 1.165) is 11.1 Å². The summed E-state index contributed by atoms with van der Waals surface area (Å²) in [6.07, 6.45) is 2.56. The zero-order valence-electron chi connectivity index (χ0n) is 16.6. The molecule has 3 heteroatoms. The van der Waals surface area contributed by atoms with Crippen LogP contribution in [-0.4, -0.2) is 17.0 Å². The highest BCUT2D eigenvalue weighted by molar-refractivity contribution is 5.97. The third kappa shape index (κ3) is 4.47. The van der Waals surface area contributed by atoms with Crippen LogP contribution in [0.1, 0.15) is 33.8 Å². The number of nitrogens with zero attached hydrogens (tertiary/aromatic N) is 1. The number of ether oxygens (including phenoxy) is 1. The Morgan fingerprint density at radius 1 is 0.897 bits per heavy atom. The van der Waals surface area contributed by atoms with Crippen molar-refractivity contribution in [2.45, 2.75) is 18.9 Å². The molecule has 0 bridgehead atoms. The molecule has 0 aliphatic carbocycles. The van der Waals surface area contributed by atoms with Crippen molar-refractivity contribution in [3.05, 3.63) is 108 Å². The molecule has 0 saturated heterocycles. The van der Waals surface area contributed by atoms with Crippen LogP contribution >= 0.6 is 0 Å². The van der Waals surface area contributed by atoms with Gasteiger partial charge in [0.15, 0.2) is 5.78 Å². The lowest BCUT2D eigenvalue weighted by atomic mass is 9.92. The number of carbonyl (C=O) groups excluding carboxylic acids is 1. The standard InChI is InChI=1S/C26H25NO2/c1-27-17-24(23-14-8-9-15-25(23)27)22(16-26(28)21-12-6-3-7-13-21)19-29-18-20-10-4-2-5-11-20/h2-15,17,22H,16,18-19H2,1H3/t22-/m0/s1. The normalized spacial score (nSPS) is 12.2. The van der Waals surface area contributed by atoms with Gasteiger partial charge in [-0.3, -0.25) is 4.79 Å². The van der Waals surface area contributed by atoms with Crippen LogP contribution in [0.3, 0.4) is 0 Å². The number of hydrogen-bond donors (Lipinski definition) is 0. The molecule has 3 nitrogen and oxygen atoms in total. The number of hydrogen-bond acceptors (Lipinski definition) is 2. The smallest absolute Gasteiger partial charge is 0.163 e. The second-order valence-electron chi connectivity index (χ2n) is 7.40. The van der Waals surface area contributed by atoms with E-state index in [4.69, 9.17) is 4.74 Å². The molecule has 0 aliphatic rings. The van der Waals surface area contributed by atoms with Crippen molar-refractivity contribution >= 4 is 16.7 Å². The number of fused-ring (bicyclic) bond motifs is 1. The number of benzene rings is 3. The highest BCUT2D eigenvalue weighted by Gasteiger charge is 2.21. The Kier molecular flexibility index (Phi) is 5.87. The van der Waals surface area contributed by atoms with Gasteiger partial charge in [0.1, 0.15) is 0 Å². The first-order valence-electron chi connectivity index (χ1n) is 9.96. The van der Waals surface area contributed by atoms with Crippen LogP contribution in [0.15, 0.2) is 91.1 Å². The molecule has 1 aromatic heterocycles. The highest BCUT2D eigenvalue weighted by atomic mass is 16.5. The van der Waals surface area contributed by atoms with Crippen LogP contribution in [-0.2, 0) is 18.4 Å². The van der Waals surface area contributed by atoms with E-state index in [9.17, 15) is 4.79 Å². The Hall–Kier alpha value is -3.17. The van der Waals surface area contributed by atoms with E-state index >= 15 is 0 Å². The minimum atomic E-state index is -0.00230. The van der Waals surface area contributed by atoms with E-state index in [0.29, 0.717) is 19.6 Å². The lowest BCUT2D eigenvalue weighted by molar-refractivity contribution is 0.0868. The summed E-state index contributed by atoms with van der Waals surface area (Å²) in [6, 6.07) is 28.0. The molecule has 4 aromatic rings. The van der Waals surface area contributed by atoms with Crippen molar-refractivity contribution in [2.75, 3.05) is 6.61 Å². The molecule has 0 fully saturated rings. The second kappa shape index (κ2) is 8.89. The van der Waals surface area contributed by atoms with E-state index in [-0.39, 0.29) is 11.7 Å². The molecule has 0 aliphatic heterocycles. The fraction of sp³-hybridized carbons (Fsp3) is 0.192. The number of aromatic nitrogens is 1. The van der Waals surface area contributed by atoms with Crippen molar-refractivity contribution in [2.24, 2.45) is 7.05 Å². The second-order valence-corrected chi connectivity index (χ2v) is 7.40. The summed E-state index contributed by atoms with van der Waals surface area (Å²) in [5, 5.41) is 1.18. The zero-order chi connectivity index (χ0) is 20.1. The molecule has 0 amide bonds. The molecular formula is C26H25NO2. The lowest BCUT2D eigenvalue weighted by Crippen LogP contribution is -2.13. The molecule has 1 heterocycles. The van der Waals surface area contributed by atoms with Crippen molar-refractivity contribution < 1.29 is 9.53 Å². The first kappa shape index (κ1) is 19.2. The van der Waals surface area contributed by atoms with Crippen molar-refractivity contribution in [1.82, 2.24) is 4.57 Å². The van der Waals surface area contributed by atoms with E-state index in [1.54, 1.807) is 0 Å². The Bertz CT molecular complexity index is 1080. The third-order valence-electron chi connectivity index (χ3n) is 5.33. The number of rotatable bonds is 8. The SMILES string of the molecule is Cn1cc([C@H](COCc2ccccc2)CC(=O)c2ccccc2)c2ccccc21. The average Bonchev–Trinajstić information content (AvgIpc) is 3.11. The van der Waals surface area contributed by atoms with Crippen molar-refractivity contribution in [3.8, 4) is 0 Å². The van der Waals surface area contributed by atoms with Crippen molar-refractivity contribution in [1.29, 1.82) is 0 Å². The summed E-state index contributed by atoms with van der Waals surface area (Å²) in [6.45, 7) is 1.04. The van der Waals surface area contributed by atoms with Gasteiger partial charge in [0.25, 0.3) is 0 Å². The molecule has 4 rings (SSSR count). The van der Waals surface area contributed by atoms with Gasteiger partial charge in [-0.2, -0.15) is 0 Å². The largest absolute Gasteiger partial charge is 0.376 e. The molecule has 0 spiro atoms. The van der Waals surface area contributed by atoms with Gasteiger partial charge in [0.2, 0.25) is 0 Å². The Balaban J connectivity index is 1.58. The molecular weight excluding hydrogens is 358 g/mol. The van der Waals surface area contributed by atoms with Gasteiger partial charge in [0.05, 0.1) is 13.2 Å². The van der Waals surface area contributed by atoms with Crippen LogP contribution in [0, 0.1) is 0 Å². The molecule has 0 N–H and O–H groups in total. The first-order valence-corrected chi connectivity index (χ1v) is 9.96. The molecule has 29 heavy (non-hydrogen) atoms. The van der Waals surface area contributed by atoms with Crippen LogP contribution in [0.5, 0.6) is 0 Å². The summed E-state index contributed by atoms with van der Waals surface area (Å²) < 4.78 is 8.20. The van der Waals surface area contributed by atoms with Crippen LogP contribution in [0.2, 0.25) is 0 Å². The van der Waals surface area contributed by atoms with Gasteiger partial charge >= 0.3 is 0 Å². The number of aryl methyl sites for hydroxylation is 1. The number of para-hydroxylation sites is 1. The molecule has 3 aromatic carbocycles. The lowest BCUT2D eigenvalue weighted by Gasteiger charge is -2.17. The predicted molar refractivity (Wildman–Crippen MR) is 117 cm³/mol. The quantitative estimate of drug-likeness (QED) is 0.363. The minimum Gasteiger partial charge on any atom is -0.376 e. The Morgan fingerprint density at radius 3 is 2.31 bits per heavy atom. The van der Waals surface area contributed by atoms with E-state index in [2.05, 4.69) is 35.0 Å². The number of ketones is 1. The van der Waals surface area contributed by atoms with Gasteiger partial charge in [-0.05, 0) is 17.2 Å². The van der Waals surface area contributed by atoms with Gasteiger partial charge in [-0.25, -0.2) is 0 Å². The van der Waals surface area contributed by atoms with E-state index in [1.807, 2.05) is 67.7 Å². The summed E-state index contributed by atoms with van der Waals surface area (Å²) in [4.78, 5) is 12.9. The third-order valence-corrected chi connectivity index (χ3v) is 5.33. The maximum absolute atomic E-state index is 12.9. The maximum Gasteiger partial charge on any atom is 0.163 e. The number of Topliss-reactive ketones (excluding diaryl/α,β-unsaturated/α-hetero) is 1. The molecule has 0 saturated carbocycles. The maximum atomic E-state index is 12.9. The number of carbonyl (C=O) groups is 1. The van der Waals surface area contributed by atoms with Crippen LogP contribution < -0.4 is 0 Å². The fourth-order valence-corrected chi connectivity index (χ4v) is 3.82. The monoisotopic (exact) mass is 383 g/mol. The summed E-state index contributed by atoms with van der Waals surface area (Å²) in [5.41, 5.74) is 4.22. The van der Waals surface area contributed by atoms with Crippen LogP contribution in [0.25, 0.3) is 10.9 Å². The predicted octanol–water partition coefficient (Wildman–Crippen LogP) is 5.75. The zero-order valence-corrected chi connectivity index (χ0v) is 16.6. The average molecular weight is 383 g/mol. The van der Waals surface area contributed by atoms with Gasteiger partial charge in [0, 0.05) is 42.0 Å². The van der Waals surface area contributed by atoms with Gasteiger partial charge in [-0.1, -0.05) is 78.9 Å². The van der Waals surface area contributed by atoms with E-state index in [1.165, 1.54) is 16.5 Å². The Labute approximate surface area is 171 Å². The van der Waals surface area contributed by atoms with E-state index < -0.39 is 0 Å². The summed E-state index contributed by atoms with van der Waals surface area (Å²) in [5.74, 6) is 0.143.